The summed E-state index contributed by atoms with van der Waals surface area (Å²) < 4.78 is 11.7. The molecule has 0 aromatic rings. The minimum atomic E-state index is -1.83. The molecule has 0 bridgehead atoms. The molecule has 0 aromatic carbocycles. The van der Waals surface area contributed by atoms with Crippen molar-refractivity contribution in [2.75, 3.05) is 7.11 Å². The number of hydrogen-bond donors (Lipinski definition) is 0. The van der Waals surface area contributed by atoms with Crippen molar-refractivity contribution in [1.82, 2.24) is 0 Å². The van der Waals surface area contributed by atoms with Crippen molar-refractivity contribution in [3.63, 3.8) is 0 Å². The topological polar surface area (TPSA) is 52.6 Å². The van der Waals surface area contributed by atoms with Crippen molar-refractivity contribution in [2.24, 2.45) is 40.4 Å². The van der Waals surface area contributed by atoms with Crippen molar-refractivity contribution >= 4 is 20.1 Å². The molecule has 3 fully saturated rings. The zero-order valence-corrected chi connectivity index (χ0v) is 25.5. The maximum Gasteiger partial charge on any atom is 0.305 e. The summed E-state index contributed by atoms with van der Waals surface area (Å²) in [4.78, 5) is 25.6. The molecule has 0 heterocycles. The third kappa shape index (κ3) is 4.70. The summed E-state index contributed by atoms with van der Waals surface area (Å²) in [6.07, 6.45) is 11.7. The minimum Gasteiger partial charge on any atom is -0.469 e. The minimum absolute atomic E-state index is 0.105. The largest absolute Gasteiger partial charge is 0.469 e. The molecule has 0 spiro atoms. The van der Waals surface area contributed by atoms with E-state index in [-0.39, 0.29) is 33.9 Å². The zero-order valence-electron chi connectivity index (χ0n) is 24.5. The van der Waals surface area contributed by atoms with Gasteiger partial charge in [0.05, 0.1) is 7.11 Å². The van der Waals surface area contributed by atoms with Crippen LogP contribution in [0.4, 0.5) is 0 Å². The van der Waals surface area contributed by atoms with Gasteiger partial charge in [-0.3, -0.25) is 9.59 Å². The Bertz CT molecular complexity index is 901. The lowest BCUT2D eigenvalue weighted by Crippen LogP contribution is -2.54. The second-order valence-electron chi connectivity index (χ2n) is 14.8. The standard InChI is InChI=1S/C31H52O4Si/c1-20(10-13-27(33)34-7)23-11-12-24-28-25(15-17-31(23,24)6)30(5)16-14-22(18-21(30)19-26(28)32)35-36(8,9)29(2,3)4/h19-20,22-25,28H,10-18H2,1-9H3/t20-,22+,23-,24+,25+,28+,30+,31-/m1/s1. The average molecular weight is 517 g/mol. The lowest BCUT2D eigenvalue weighted by Gasteiger charge is -2.58. The third-order valence-corrected chi connectivity index (χ3v) is 16.5. The van der Waals surface area contributed by atoms with E-state index in [9.17, 15) is 9.59 Å². The highest BCUT2D eigenvalue weighted by molar-refractivity contribution is 6.74. The fraction of sp³-hybridized carbons (Fsp3) is 0.871. The van der Waals surface area contributed by atoms with Gasteiger partial charge in [0.25, 0.3) is 0 Å². The van der Waals surface area contributed by atoms with Gasteiger partial charge in [0, 0.05) is 18.4 Å². The maximum absolute atomic E-state index is 13.8. The van der Waals surface area contributed by atoms with E-state index < -0.39 is 8.32 Å². The summed E-state index contributed by atoms with van der Waals surface area (Å²) in [5, 5.41) is 0.205. The van der Waals surface area contributed by atoms with Gasteiger partial charge in [0.2, 0.25) is 0 Å². The van der Waals surface area contributed by atoms with E-state index in [1.807, 2.05) is 0 Å². The molecule has 0 aromatic heterocycles. The first-order valence-corrected chi connectivity index (χ1v) is 17.5. The number of carbonyl (C=O) groups excluding carboxylic acids is 2. The SMILES string of the molecule is COC(=O)CC[C@@H](C)[C@H]1CC[C@H]2[C@@H]3C(=O)C=C4C[C@@H](O[Si](C)(C)C(C)(C)C)CC[C@]4(C)[C@H]3CC[C@]12C. The third-order valence-electron chi connectivity index (χ3n) is 12.0. The molecule has 8 atom stereocenters. The molecule has 0 unspecified atom stereocenters. The molecule has 0 saturated heterocycles. The van der Waals surface area contributed by atoms with E-state index in [0.29, 0.717) is 35.9 Å². The highest BCUT2D eigenvalue weighted by Crippen LogP contribution is 2.67. The number of fused-ring (bicyclic) bond motifs is 5. The van der Waals surface area contributed by atoms with Gasteiger partial charge in [-0.2, -0.15) is 0 Å². The van der Waals surface area contributed by atoms with Crippen LogP contribution < -0.4 is 0 Å². The Morgan fingerprint density at radius 1 is 1.11 bits per heavy atom. The lowest BCUT2D eigenvalue weighted by atomic mass is 9.46. The summed E-state index contributed by atoms with van der Waals surface area (Å²) in [6, 6.07) is 0. The average Bonchev–Trinajstić information content (AvgIpc) is 3.14. The molecule has 4 rings (SSSR count). The van der Waals surface area contributed by atoms with Crippen LogP contribution >= 0.6 is 0 Å². The maximum atomic E-state index is 13.8. The highest BCUT2D eigenvalue weighted by atomic mass is 28.4. The number of methoxy groups -OCH3 is 1. The van der Waals surface area contributed by atoms with E-state index in [2.05, 4.69) is 60.7 Å². The Morgan fingerprint density at radius 2 is 1.81 bits per heavy atom. The van der Waals surface area contributed by atoms with Crippen molar-refractivity contribution < 1.29 is 18.8 Å². The number of ketones is 1. The number of rotatable bonds is 6. The van der Waals surface area contributed by atoms with Crippen LogP contribution in [0.1, 0.15) is 99.3 Å². The molecule has 4 aliphatic rings. The van der Waals surface area contributed by atoms with E-state index in [1.54, 1.807) is 0 Å². The summed E-state index contributed by atoms with van der Waals surface area (Å²) in [6.45, 7) is 18.9. The van der Waals surface area contributed by atoms with E-state index >= 15 is 0 Å². The summed E-state index contributed by atoms with van der Waals surface area (Å²) in [5.74, 6) is 2.50. The second kappa shape index (κ2) is 9.66. The van der Waals surface area contributed by atoms with Crippen molar-refractivity contribution in [3.8, 4) is 0 Å². The van der Waals surface area contributed by atoms with Gasteiger partial charge in [-0.25, -0.2) is 0 Å². The monoisotopic (exact) mass is 516 g/mol. The summed E-state index contributed by atoms with van der Waals surface area (Å²) >= 11 is 0. The molecule has 3 saturated carbocycles. The van der Waals surface area contributed by atoms with Gasteiger partial charge in [-0.15, -0.1) is 0 Å². The van der Waals surface area contributed by atoms with Crippen molar-refractivity contribution in [2.45, 2.75) is 124 Å². The van der Waals surface area contributed by atoms with Crippen molar-refractivity contribution in [3.05, 3.63) is 11.6 Å². The number of ether oxygens (including phenoxy) is 1. The molecule has 36 heavy (non-hydrogen) atoms. The Labute approximate surface area is 221 Å². The molecule has 0 N–H and O–H groups in total. The molecule has 0 amide bonds. The number of carbonyl (C=O) groups is 2. The lowest BCUT2D eigenvalue weighted by molar-refractivity contribution is -0.141. The van der Waals surface area contributed by atoms with E-state index in [0.717, 1.165) is 38.5 Å². The Hall–Kier alpha value is -0.943. The summed E-state index contributed by atoms with van der Waals surface area (Å²) in [5.41, 5.74) is 1.73. The molecule has 5 heteroatoms. The number of esters is 1. The van der Waals surface area contributed by atoms with Crippen molar-refractivity contribution in [1.29, 1.82) is 0 Å². The van der Waals surface area contributed by atoms with Crippen LogP contribution in [0.2, 0.25) is 18.1 Å². The molecule has 0 aliphatic heterocycles. The van der Waals surface area contributed by atoms with E-state index in [4.69, 9.17) is 9.16 Å². The van der Waals surface area contributed by atoms with Crippen LogP contribution in [0.25, 0.3) is 0 Å². The normalized spacial score (nSPS) is 39.5. The predicted molar refractivity (Wildman–Crippen MR) is 148 cm³/mol. The molecular formula is C31H52O4Si. The van der Waals surface area contributed by atoms with Crippen LogP contribution in [-0.2, 0) is 18.8 Å². The quantitative estimate of drug-likeness (QED) is 0.268. The van der Waals surface area contributed by atoms with Gasteiger partial charge in [0.15, 0.2) is 14.1 Å². The highest BCUT2D eigenvalue weighted by Gasteiger charge is 2.61. The van der Waals surface area contributed by atoms with Gasteiger partial charge in [0.1, 0.15) is 0 Å². The first kappa shape index (κ1) is 28.1. The number of hydrogen-bond acceptors (Lipinski definition) is 4. The molecular weight excluding hydrogens is 464 g/mol. The zero-order chi connectivity index (χ0) is 26.7. The van der Waals surface area contributed by atoms with Gasteiger partial charge >= 0.3 is 5.97 Å². The van der Waals surface area contributed by atoms with Gasteiger partial charge in [-0.05, 0) is 110 Å². The smallest absolute Gasteiger partial charge is 0.305 e. The van der Waals surface area contributed by atoms with E-state index in [1.165, 1.54) is 25.5 Å². The first-order valence-electron chi connectivity index (χ1n) is 14.6. The van der Waals surface area contributed by atoms with Gasteiger partial charge < -0.3 is 9.16 Å². The Kier molecular flexibility index (Phi) is 7.54. The van der Waals surface area contributed by atoms with Crippen LogP contribution in [0.5, 0.6) is 0 Å². The second-order valence-corrected chi connectivity index (χ2v) is 19.5. The fourth-order valence-corrected chi connectivity index (χ4v) is 10.1. The molecule has 0 radical (unpaired) electrons. The van der Waals surface area contributed by atoms with Crippen LogP contribution in [0.3, 0.4) is 0 Å². The Balaban J connectivity index is 1.52. The Morgan fingerprint density at radius 3 is 2.44 bits per heavy atom. The molecule has 204 valence electrons. The van der Waals surface area contributed by atoms with Crippen LogP contribution in [0.15, 0.2) is 11.6 Å². The fourth-order valence-electron chi connectivity index (χ4n) is 8.69. The molecule has 4 aliphatic carbocycles. The predicted octanol–water partition coefficient (Wildman–Crippen LogP) is 7.72. The molecule has 4 nitrogen and oxygen atoms in total. The van der Waals surface area contributed by atoms with Crippen LogP contribution in [0, 0.1) is 40.4 Å². The van der Waals surface area contributed by atoms with Crippen LogP contribution in [-0.4, -0.2) is 33.3 Å². The van der Waals surface area contributed by atoms with Gasteiger partial charge in [-0.1, -0.05) is 47.1 Å². The number of allylic oxidation sites excluding steroid dienone is 1. The first-order chi connectivity index (χ1) is 16.6. The summed E-state index contributed by atoms with van der Waals surface area (Å²) in [7, 11) is -0.351.